The molecule has 0 bridgehead atoms. The van der Waals surface area contributed by atoms with Gasteiger partial charge < -0.3 is 29.8 Å². The molecule has 0 amide bonds. The zero-order chi connectivity index (χ0) is 14.9. The summed E-state index contributed by atoms with van der Waals surface area (Å²) in [5.74, 6) is -0.119. The molecule has 0 aliphatic carbocycles. The maximum Gasteiger partial charge on any atom is 0.363 e. The smallest absolute Gasteiger partial charge is 0.363 e. The fourth-order valence-electron chi connectivity index (χ4n) is 2.01. The number of nitro groups is 1. The summed E-state index contributed by atoms with van der Waals surface area (Å²) in [6.07, 6.45) is 1.53. The number of rotatable bonds is 2. The number of aromatic nitrogens is 1. The highest BCUT2D eigenvalue weighted by Gasteiger charge is 2.14. The van der Waals surface area contributed by atoms with Crippen molar-refractivity contribution in [3.05, 3.63) is 28.4 Å². The maximum atomic E-state index is 10.4. The molecule has 8 nitrogen and oxygen atoms in total. The summed E-state index contributed by atoms with van der Waals surface area (Å²) in [6.45, 7) is 6.83. The van der Waals surface area contributed by atoms with Crippen LogP contribution in [0.1, 0.15) is 7.43 Å². The molecule has 1 N–H and O–H groups in total. The van der Waals surface area contributed by atoms with Crippen molar-refractivity contribution in [1.29, 1.82) is 0 Å². The molecule has 0 spiro atoms. The zero-order valence-corrected chi connectivity index (χ0v) is 11.9. The zero-order valence-electron chi connectivity index (χ0n) is 11.9. The average Bonchev–Trinajstić information content (AvgIpc) is 2.58. The summed E-state index contributed by atoms with van der Waals surface area (Å²) in [7, 11) is 0. The second-order valence-electron chi connectivity index (χ2n) is 4.59. The number of nitrogens with zero attached hydrogens (tertiary/aromatic N) is 3. The minimum absolute atomic E-state index is 0. The first-order valence-corrected chi connectivity index (χ1v) is 6.99. The predicted octanol–water partition coefficient (Wildman–Crippen LogP) is 1.07. The Labute approximate surface area is 130 Å². The van der Waals surface area contributed by atoms with Crippen molar-refractivity contribution in [3.8, 4) is 0 Å². The molecule has 0 saturated carbocycles. The van der Waals surface area contributed by atoms with E-state index in [-0.39, 0.29) is 13.2 Å². The van der Waals surface area contributed by atoms with Gasteiger partial charge in [0, 0.05) is 32.2 Å². The molecule has 22 heavy (non-hydrogen) atoms. The Bertz CT molecular complexity index is 419. The molecular weight excluding hydrogens is 288 g/mol. The van der Waals surface area contributed by atoms with E-state index in [1.165, 1.54) is 12.3 Å². The third-order valence-electron chi connectivity index (χ3n) is 3.14. The quantitative estimate of drug-likeness (QED) is 0.645. The van der Waals surface area contributed by atoms with Gasteiger partial charge in [-0.25, -0.2) is 0 Å². The van der Waals surface area contributed by atoms with E-state index in [1.54, 1.807) is 6.07 Å². The SMILES string of the molecule is C.C1COCCN1.O=[N+]([O-])c1ccc(N2CCOCC2)cn1. The van der Waals surface area contributed by atoms with E-state index in [9.17, 15) is 10.1 Å². The first-order chi connectivity index (χ1) is 10.3. The molecule has 1 aromatic heterocycles. The summed E-state index contributed by atoms with van der Waals surface area (Å²) < 4.78 is 10.2. The monoisotopic (exact) mass is 312 g/mol. The van der Waals surface area contributed by atoms with Crippen LogP contribution in [0, 0.1) is 10.1 Å². The second-order valence-corrected chi connectivity index (χ2v) is 4.59. The van der Waals surface area contributed by atoms with Crippen molar-refractivity contribution >= 4 is 11.5 Å². The molecule has 2 aliphatic rings. The molecule has 2 aliphatic heterocycles. The first kappa shape index (κ1) is 18.3. The van der Waals surface area contributed by atoms with Gasteiger partial charge in [0.15, 0.2) is 6.20 Å². The molecule has 0 atom stereocenters. The minimum Gasteiger partial charge on any atom is -0.379 e. The number of ether oxygens (including phenoxy) is 2. The normalized spacial score (nSPS) is 17.7. The molecule has 2 saturated heterocycles. The third-order valence-corrected chi connectivity index (χ3v) is 3.14. The molecule has 0 unspecified atom stereocenters. The number of nitrogens with one attached hydrogen (secondary N) is 1. The Morgan fingerprint density at radius 1 is 1.14 bits per heavy atom. The van der Waals surface area contributed by atoms with E-state index in [0.29, 0.717) is 13.2 Å². The van der Waals surface area contributed by atoms with Crippen LogP contribution in [0.3, 0.4) is 0 Å². The van der Waals surface area contributed by atoms with Crippen LogP contribution in [0.25, 0.3) is 0 Å². The Balaban J connectivity index is 0.000000293. The van der Waals surface area contributed by atoms with Crippen molar-refractivity contribution in [3.63, 3.8) is 0 Å². The highest BCUT2D eigenvalue weighted by atomic mass is 16.6. The maximum absolute atomic E-state index is 10.4. The van der Waals surface area contributed by atoms with Crippen molar-refractivity contribution < 1.29 is 14.4 Å². The van der Waals surface area contributed by atoms with Gasteiger partial charge in [0.1, 0.15) is 0 Å². The van der Waals surface area contributed by atoms with Crippen LogP contribution in [-0.4, -0.2) is 62.5 Å². The molecular formula is C14H24N4O4. The average molecular weight is 312 g/mol. The lowest BCUT2D eigenvalue weighted by molar-refractivity contribution is -0.389. The molecule has 8 heteroatoms. The molecule has 1 aromatic rings. The van der Waals surface area contributed by atoms with Crippen LogP contribution in [-0.2, 0) is 9.47 Å². The summed E-state index contributed by atoms with van der Waals surface area (Å²) in [5, 5.41) is 13.6. The fourth-order valence-corrected chi connectivity index (χ4v) is 2.01. The first-order valence-electron chi connectivity index (χ1n) is 6.99. The molecule has 3 rings (SSSR count). The summed E-state index contributed by atoms with van der Waals surface area (Å²) in [4.78, 5) is 15.8. The van der Waals surface area contributed by atoms with E-state index < -0.39 is 4.92 Å². The van der Waals surface area contributed by atoms with Crippen molar-refractivity contribution in [2.45, 2.75) is 7.43 Å². The van der Waals surface area contributed by atoms with Crippen molar-refractivity contribution in [1.82, 2.24) is 10.3 Å². The predicted molar refractivity (Wildman–Crippen MR) is 84.3 cm³/mol. The van der Waals surface area contributed by atoms with E-state index in [1.807, 2.05) is 0 Å². The molecule has 0 aromatic carbocycles. The van der Waals surface area contributed by atoms with Gasteiger partial charge in [0.2, 0.25) is 0 Å². The Kier molecular flexibility index (Phi) is 8.34. The van der Waals surface area contributed by atoms with Crippen LogP contribution in [0.2, 0.25) is 0 Å². The Morgan fingerprint density at radius 3 is 2.18 bits per heavy atom. The number of morpholine rings is 2. The molecule has 2 fully saturated rings. The topological polar surface area (TPSA) is 89.8 Å². The molecule has 124 valence electrons. The number of hydrogen-bond acceptors (Lipinski definition) is 7. The van der Waals surface area contributed by atoms with Gasteiger partial charge in [-0.15, -0.1) is 0 Å². The number of hydrogen-bond donors (Lipinski definition) is 1. The Morgan fingerprint density at radius 2 is 1.77 bits per heavy atom. The van der Waals surface area contributed by atoms with Crippen LogP contribution < -0.4 is 10.2 Å². The van der Waals surface area contributed by atoms with Crippen LogP contribution in [0.4, 0.5) is 11.5 Å². The van der Waals surface area contributed by atoms with Gasteiger partial charge in [-0.05, 0) is 16.0 Å². The fraction of sp³-hybridized carbons (Fsp3) is 0.643. The van der Waals surface area contributed by atoms with E-state index in [0.717, 1.165) is 45.1 Å². The van der Waals surface area contributed by atoms with Gasteiger partial charge in [-0.2, -0.15) is 0 Å². The molecule has 0 radical (unpaired) electrons. The van der Waals surface area contributed by atoms with Gasteiger partial charge in [-0.3, -0.25) is 0 Å². The highest BCUT2D eigenvalue weighted by molar-refractivity contribution is 5.46. The van der Waals surface area contributed by atoms with Gasteiger partial charge >= 0.3 is 5.82 Å². The van der Waals surface area contributed by atoms with E-state index in [2.05, 4.69) is 15.2 Å². The van der Waals surface area contributed by atoms with E-state index >= 15 is 0 Å². The lowest BCUT2D eigenvalue weighted by atomic mass is 10.3. The lowest BCUT2D eigenvalue weighted by Crippen LogP contribution is -2.36. The van der Waals surface area contributed by atoms with Crippen LogP contribution in [0.5, 0.6) is 0 Å². The van der Waals surface area contributed by atoms with Crippen molar-refractivity contribution in [2.75, 3.05) is 57.5 Å². The summed E-state index contributed by atoms with van der Waals surface area (Å²) >= 11 is 0. The van der Waals surface area contributed by atoms with Crippen LogP contribution in [0.15, 0.2) is 18.3 Å². The number of pyridine rings is 1. The standard InChI is InChI=1S/C9H11N3O3.C4H9NO.CH4/c13-12(14)9-2-1-8(7-10-9)11-3-5-15-6-4-11;1-3-6-4-2-5-1;/h1-2,7H,3-6H2;5H,1-4H2;1H4. The number of anilines is 1. The largest absolute Gasteiger partial charge is 0.379 e. The minimum atomic E-state index is -0.497. The molecule has 3 heterocycles. The highest BCUT2D eigenvalue weighted by Crippen LogP contribution is 2.17. The Hall–Kier alpha value is -1.77. The van der Waals surface area contributed by atoms with E-state index in [4.69, 9.17) is 9.47 Å². The summed E-state index contributed by atoms with van der Waals surface area (Å²) in [5.41, 5.74) is 0.906. The van der Waals surface area contributed by atoms with Crippen LogP contribution >= 0.6 is 0 Å². The van der Waals surface area contributed by atoms with Crippen molar-refractivity contribution in [2.24, 2.45) is 0 Å². The summed E-state index contributed by atoms with van der Waals surface area (Å²) in [6, 6.07) is 3.14. The lowest BCUT2D eigenvalue weighted by Gasteiger charge is -2.27. The van der Waals surface area contributed by atoms with Gasteiger partial charge in [-0.1, -0.05) is 7.43 Å². The van der Waals surface area contributed by atoms with Gasteiger partial charge in [0.05, 0.1) is 32.1 Å². The second kappa shape index (κ2) is 10.0. The third kappa shape index (κ3) is 5.92. The van der Waals surface area contributed by atoms with Gasteiger partial charge in [0.25, 0.3) is 0 Å².